The molecule has 2 heterocycles. The molecule has 1 aliphatic heterocycles. The van der Waals surface area contributed by atoms with Gasteiger partial charge in [-0.15, -0.1) is 0 Å². The molecule has 1 N–H and O–H groups in total. The first-order chi connectivity index (χ1) is 9.08. The highest BCUT2D eigenvalue weighted by atomic mass is 16.2. The minimum atomic E-state index is -0.498. The highest BCUT2D eigenvalue weighted by Gasteiger charge is 2.25. The Morgan fingerprint density at radius 2 is 2.05 bits per heavy atom. The summed E-state index contributed by atoms with van der Waals surface area (Å²) in [5.41, 5.74) is -0.0907. The second-order valence-electron chi connectivity index (χ2n) is 4.60. The predicted molar refractivity (Wildman–Crippen MR) is 69.5 cm³/mol. The van der Waals surface area contributed by atoms with Crippen molar-refractivity contribution in [2.24, 2.45) is 0 Å². The van der Waals surface area contributed by atoms with E-state index in [1.54, 1.807) is 34.7 Å². The maximum Gasteiger partial charge on any atom is 0.250 e. The zero-order chi connectivity index (χ0) is 13.8. The molecule has 0 saturated carbocycles. The van der Waals surface area contributed by atoms with Crippen molar-refractivity contribution >= 4 is 11.8 Å². The minimum absolute atomic E-state index is 0.0907. The lowest BCUT2D eigenvalue weighted by atomic mass is 10.3. The van der Waals surface area contributed by atoms with Crippen LogP contribution < -0.4 is 10.9 Å². The summed E-state index contributed by atoms with van der Waals surface area (Å²) in [6, 6.07) is 4.44. The number of hydrogen-bond acceptors (Lipinski definition) is 3. The summed E-state index contributed by atoms with van der Waals surface area (Å²) >= 11 is 0. The predicted octanol–water partition coefficient (Wildman–Crippen LogP) is -0.415. The van der Waals surface area contributed by atoms with E-state index in [9.17, 15) is 14.4 Å². The fourth-order valence-electron chi connectivity index (χ4n) is 2.09. The molecule has 1 saturated heterocycles. The van der Waals surface area contributed by atoms with Gasteiger partial charge in [0.2, 0.25) is 11.8 Å². The summed E-state index contributed by atoms with van der Waals surface area (Å²) in [4.78, 5) is 36.6. The molecule has 2 amide bonds. The zero-order valence-electron chi connectivity index (χ0n) is 10.8. The van der Waals surface area contributed by atoms with Gasteiger partial charge >= 0.3 is 0 Å². The summed E-state index contributed by atoms with van der Waals surface area (Å²) in [5, 5.41) is 2.63. The number of nitrogens with one attached hydrogen (secondary N) is 1. The van der Waals surface area contributed by atoms with E-state index in [0.717, 1.165) is 0 Å². The van der Waals surface area contributed by atoms with Crippen LogP contribution >= 0.6 is 0 Å². The van der Waals surface area contributed by atoms with Gasteiger partial charge in [-0.1, -0.05) is 6.07 Å². The lowest BCUT2D eigenvalue weighted by molar-refractivity contribution is -0.133. The van der Waals surface area contributed by atoms with Crippen molar-refractivity contribution in [1.29, 1.82) is 0 Å². The molecule has 2 rings (SSSR count). The third-order valence-corrected chi connectivity index (χ3v) is 3.18. The van der Waals surface area contributed by atoms with Gasteiger partial charge in [0, 0.05) is 38.3 Å². The Labute approximate surface area is 111 Å². The van der Waals surface area contributed by atoms with Crippen LogP contribution in [0.2, 0.25) is 0 Å². The maximum atomic E-state index is 12.0. The van der Waals surface area contributed by atoms with Crippen LogP contribution in [0.1, 0.15) is 13.3 Å². The van der Waals surface area contributed by atoms with Gasteiger partial charge in [0.05, 0.1) is 0 Å². The third-order valence-electron chi connectivity index (χ3n) is 3.18. The number of pyridine rings is 1. The van der Waals surface area contributed by atoms with E-state index in [1.807, 2.05) is 0 Å². The van der Waals surface area contributed by atoms with Gasteiger partial charge in [-0.05, 0) is 13.0 Å². The van der Waals surface area contributed by atoms with Gasteiger partial charge in [0.1, 0.15) is 6.04 Å². The molecular weight excluding hydrogens is 246 g/mol. The van der Waals surface area contributed by atoms with Gasteiger partial charge in [-0.2, -0.15) is 0 Å². The molecule has 1 fully saturated rings. The van der Waals surface area contributed by atoms with E-state index < -0.39 is 6.04 Å². The second kappa shape index (κ2) is 5.69. The van der Waals surface area contributed by atoms with E-state index in [0.29, 0.717) is 26.1 Å². The van der Waals surface area contributed by atoms with Crippen LogP contribution in [0.25, 0.3) is 0 Å². The van der Waals surface area contributed by atoms with Gasteiger partial charge in [-0.3, -0.25) is 14.4 Å². The van der Waals surface area contributed by atoms with Crippen molar-refractivity contribution in [3.63, 3.8) is 0 Å². The molecular formula is C13H17N3O3. The quantitative estimate of drug-likeness (QED) is 0.805. The number of amides is 2. The van der Waals surface area contributed by atoms with E-state index in [-0.39, 0.29) is 17.4 Å². The number of hydrogen-bond donors (Lipinski definition) is 1. The van der Waals surface area contributed by atoms with Crippen LogP contribution in [0.4, 0.5) is 0 Å². The topological polar surface area (TPSA) is 71.4 Å². The van der Waals surface area contributed by atoms with E-state index in [4.69, 9.17) is 0 Å². The van der Waals surface area contributed by atoms with Crippen LogP contribution in [0.15, 0.2) is 29.2 Å². The minimum Gasteiger partial charge on any atom is -0.345 e. The molecule has 6 heteroatoms. The normalized spacial score (nSPS) is 20.1. The SMILES string of the molecule is CC1NC(=O)CCN(CCn2ccccc2=O)C1=O. The number of carbonyl (C=O) groups is 2. The standard InChI is InChI=1S/C13H17N3O3/c1-10-13(19)16(7-5-11(17)14-10)9-8-15-6-3-2-4-12(15)18/h2-4,6,10H,5,7-9H2,1H3,(H,14,17). The second-order valence-corrected chi connectivity index (χ2v) is 4.60. The van der Waals surface area contributed by atoms with Crippen molar-refractivity contribution in [1.82, 2.24) is 14.8 Å². The first-order valence-electron chi connectivity index (χ1n) is 6.31. The summed E-state index contributed by atoms with van der Waals surface area (Å²) in [7, 11) is 0. The largest absolute Gasteiger partial charge is 0.345 e. The van der Waals surface area contributed by atoms with Crippen LogP contribution in [0.5, 0.6) is 0 Å². The molecule has 1 unspecified atom stereocenters. The van der Waals surface area contributed by atoms with E-state index in [2.05, 4.69) is 5.32 Å². The van der Waals surface area contributed by atoms with Crippen molar-refractivity contribution in [3.05, 3.63) is 34.7 Å². The van der Waals surface area contributed by atoms with Gasteiger partial charge in [0.15, 0.2) is 0 Å². The van der Waals surface area contributed by atoms with Crippen LogP contribution in [0.3, 0.4) is 0 Å². The van der Waals surface area contributed by atoms with Crippen LogP contribution in [0, 0.1) is 0 Å². The van der Waals surface area contributed by atoms with Crippen molar-refractivity contribution < 1.29 is 9.59 Å². The number of rotatable bonds is 3. The average Bonchev–Trinajstić information content (AvgIpc) is 2.50. The van der Waals surface area contributed by atoms with Gasteiger partial charge in [0.25, 0.3) is 5.56 Å². The summed E-state index contributed by atoms with van der Waals surface area (Å²) in [6.07, 6.45) is 2.00. The average molecular weight is 263 g/mol. The lowest BCUT2D eigenvalue weighted by Gasteiger charge is -2.22. The van der Waals surface area contributed by atoms with Crippen molar-refractivity contribution in [2.75, 3.05) is 13.1 Å². The van der Waals surface area contributed by atoms with Crippen molar-refractivity contribution in [3.8, 4) is 0 Å². The number of carbonyl (C=O) groups excluding carboxylic acids is 2. The number of aromatic nitrogens is 1. The van der Waals surface area contributed by atoms with Crippen LogP contribution in [-0.4, -0.2) is 40.4 Å². The Hall–Kier alpha value is -2.11. The lowest BCUT2D eigenvalue weighted by Crippen LogP contribution is -2.44. The Kier molecular flexibility index (Phi) is 3.99. The molecule has 1 atom stereocenters. The molecule has 0 bridgehead atoms. The molecule has 19 heavy (non-hydrogen) atoms. The summed E-state index contributed by atoms with van der Waals surface area (Å²) in [6.45, 7) is 2.94. The summed E-state index contributed by atoms with van der Waals surface area (Å²) in [5.74, 6) is -0.213. The Morgan fingerprint density at radius 1 is 1.26 bits per heavy atom. The molecule has 0 aliphatic carbocycles. The van der Waals surface area contributed by atoms with Crippen molar-refractivity contribution in [2.45, 2.75) is 25.9 Å². The Balaban J connectivity index is 2.02. The first kappa shape index (κ1) is 13.3. The highest BCUT2D eigenvalue weighted by Crippen LogP contribution is 2.03. The smallest absolute Gasteiger partial charge is 0.250 e. The molecule has 1 aliphatic rings. The zero-order valence-corrected chi connectivity index (χ0v) is 10.8. The van der Waals surface area contributed by atoms with Gasteiger partial charge < -0.3 is 14.8 Å². The fraction of sp³-hybridized carbons (Fsp3) is 0.462. The van der Waals surface area contributed by atoms with E-state index >= 15 is 0 Å². The summed E-state index contributed by atoms with van der Waals surface area (Å²) < 4.78 is 1.55. The van der Waals surface area contributed by atoms with E-state index in [1.165, 1.54) is 6.07 Å². The molecule has 102 valence electrons. The molecule has 0 radical (unpaired) electrons. The molecule has 1 aromatic rings. The Bertz CT molecular complexity index is 538. The highest BCUT2D eigenvalue weighted by molar-refractivity contribution is 5.89. The molecule has 0 aromatic carbocycles. The molecule has 1 aromatic heterocycles. The van der Waals surface area contributed by atoms with Gasteiger partial charge in [-0.25, -0.2) is 0 Å². The first-order valence-corrected chi connectivity index (χ1v) is 6.31. The van der Waals surface area contributed by atoms with Crippen LogP contribution in [-0.2, 0) is 16.1 Å². The maximum absolute atomic E-state index is 12.0. The third kappa shape index (κ3) is 3.21. The Morgan fingerprint density at radius 3 is 2.79 bits per heavy atom. The fourth-order valence-corrected chi connectivity index (χ4v) is 2.09. The number of nitrogens with zero attached hydrogens (tertiary/aromatic N) is 2. The molecule has 0 spiro atoms. The monoisotopic (exact) mass is 263 g/mol. The molecule has 6 nitrogen and oxygen atoms in total.